The topological polar surface area (TPSA) is 52.2 Å². The number of fused-ring (bicyclic) bond motifs is 7. The van der Waals surface area contributed by atoms with E-state index in [0.717, 1.165) is 66.9 Å². The van der Waals surface area contributed by atoms with Gasteiger partial charge in [-0.25, -0.2) is 0 Å². The molecule has 0 aliphatic carbocycles. The standard InChI is InChI=1S/C58H37BN2O4/c1-3-13-36(14-4-1)38-23-25-42(26-24-38)60-47-31-40-18-8-7-17-39(40)29-44(47)45-30-41(37-15-5-2-6-16-37)32-49-58(45)59-46-34-56-57(65-53-22-12-11-21-52(53)64-56)35-48(46)61(49)43-27-28-54-55(33-43)63-51-20-10-9-19-50(51)62-54/h1-35,59-60H. The first-order valence-corrected chi connectivity index (χ1v) is 21.8. The van der Waals surface area contributed by atoms with Crippen molar-refractivity contribution in [2.45, 2.75) is 0 Å². The van der Waals surface area contributed by atoms with Gasteiger partial charge in [-0.1, -0.05) is 127 Å². The summed E-state index contributed by atoms with van der Waals surface area (Å²) in [6.45, 7) is 0. The molecule has 10 aromatic carbocycles. The van der Waals surface area contributed by atoms with Crippen LogP contribution in [0.2, 0.25) is 0 Å². The highest BCUT2D eigenvalue weighted by Crippen LogP contribution is 2.52. The maximum absolute atomic E-state index is 6.57. The van der Waals surface area contributed by atoms with Gasteiger partial charge in [-0.2, -0.15) is 0 Å². The monoisotopic (exact) mass is 836 g/mol. The molecule has 1 N–H and O–H groups in total. The lowest BCUT2D eigenvalue weighted by molar-refractivity contribution is 0.359. The summed E-state index contributed by atoms with van der Waals surface area (Å²) in [7, 11) is 0.639. The minimum absolute atomic E-state index is 0.639. The Bertz CT molecular complexity index is 3500. The number of benzene rings is 10. The number of para-hydroxylation sites is 4. The van der Waals surface area contributed by atoms with E-state index in [1.54, 1.807) is 0 Å². The second-order valence-corrected chi connectivity index (χ2v) is 16.6. The van der Waals surface area contributed by atoms with Crippen LogP contribution in [-0.4, -0.2) is 7.28 Å². The molecule has 0 radical (unpaired) electrons. The number of nitrogens with one attached hydrogen (secondary N) is 1. The predicted octanol–water partition coefficient (Wildman–Crippen LogP) is 14.6. The molecule has 3 aliphatic rings. The Hall–Kier alpha value is -8.68. The normalized spacial score (nSPS) is 12.6. The fourth-order valence-corrected chi connectivity index (χ4v) is 9.39. The molecule has 0 saturated heterocycles. The summed E-state index contributed by atoms with van der Waals surface area (Å²) in [6.07, 6.45) is 0. The molecule has 0 amide bonds. The molecule has 0 atom stereocenters. The van der Waals surface area contributed by atoms with Crippen LogP contribution in [0.5, 0.6) is 46.0 Å². The van der Waals surface area contributed by atoms with Gasteiger partial charge in [0, 0.05) is 40.4 Å². The molecule has 13 rings (SSSR count). The zero-order valence-electron chi connectivity index (χ0n) is 35.0. The first kappa shape index (κ1) is 36.9. The van der Waals surface area contributed by atoms with E-state index in [0.29, 0.717) is 53.3 Å². The Balaban J connectivity index is 1.03. The minimum Gasteiger partial charge on any atom is -0.450 e. The summed E-state index contributed by atoms with van der Waals surface area (Å²) < 4.78 is 26.0. The van der Waals surface area contributed by atoms with Gasteiger partial charge in [-0.15, -0.1) is 0 Å². The molecular formula is C58H37BN2O4. The summed E-state index contributed by atoms with van der Waals surface area (Å²) in [6, 6.07) is 73.7. The van der Waals surface area contributed by atoms with Gasteiger partial charge in [0.15, 0.2) is 53.3 Å². The lowest BCUT2D eigenvalue weighted by Crippen LogP contribution is -2.41. The van der Waals surface area contributed by atoms with Gasteiger partial charge in [0.25, 0.3) is 0 Å². The summed E-state index contributed by atoms with van der Waals surface area (Å²) >= 11 is 0. The Morgan fingerprint density at radius 2 is 0.877 bits per heavy atom. The van der Waals surface area contributed by atoms with Crippen molar-refractivity contribution in [3.8, 4) is 79.4 Å². The molecule has 0 spiro atoms. The third-order valence-electron chi connectivity index (χ3n) is 12.5. The van der Waals surface area contributed by atoms with Crippen LogP contribution in [-0.2, 0) is 0 Å². The Labute approximate surface area is 376 Å². The third-order valence-corrected chi connectivity index (χ3v) is 12.5. The van der Waals surface area contributed by atoms with Crippen molar-refractivity contribution < 1.29 is 18.9 Å². The molecule has 65 heavy (non-hydrogen) atoms. The number of ether oxygens (including phenoxy) is 4. The van der Waals surface area contributed by atoms with Crippen molar-refractivity contribution in [1.29, 1.82) is 0 Å². The molecule has 0 bridgehead atoms. The number of hydrogen-bond acceptors (Lipinski definition) is 6. The largest absolute Gasteiger partial charge is 0.450 e. The van der Waals surface area contributed by atoms with E-state index in [9.17, 15) is 0 Å². The Kier molecular flexibility index (Phi) is 8.52. The van der Waals surface area contributed by atoms with Gasteiger partial charge < -0.3 is 29.2 Å². The van der Waals surface area contributed by atoms with E-state index in [-0.39, 0.29) is 0 Å². The van der Waals surface area contributed by atoms with Crippen molar-refractivity contribution >= 4 is 57.4 Å². The molecule has 0 fully saturated rings. The zero-order chi connectivity index (χ0) is 42.8. The fraction of sp³-hybridized carbons (Fsp3) is 0. The van der Waals surface area contributed by atoms with Crippen LogP contribution in [0.4, 0.5) is 28.4 Å². The quantitative estimate of drug-likeness (QED) is 0.168. The first-order valence-electron chi connectivity index (χ1n) is 21.8. The van der Waals surface area contributed by atoms with Crippen molar-refractivity contribution in [2.24, 2.45) is 0 Å². The summed E-state index contributed by atoms with van der Waals surface area (Å²) in [5.74, 6) is 5.37. The van der Waals surface area contributed by atoms with Crippen LogP contribution in [0, 0.1) is 0 Å². The SMILES string of the molecule is B1c2cc3c(cc2N(c2ccc4c(c2)Oc2ccccc2O4)c2cc(-c4ccccc4)cc(-c4cc5ccccc5cc4Nc4ccc(-c5ccccc5)cc4)c21)Oc1ccccc1O3. The summed E-state index contributed by atoms with van der Waals surface area (Å²) in [5, 5.41) is 6.19. The molecule has 6 nitrogen and oxygen atoms in total. The van der Waals surface area contributed by atoms with E-state index in [1.807, 2.05) is 54.6 Å². The van der Waals surface area contributed by atoms with Crippen molar-refractivity contribution in [3.63, 3.8) is 0 Å². The van der Waals surface area contributed by atoms with E-state index in [4.69, 9.17) is 18.9 Å². The van der Waals surface area contributed by atoms with Crippen LogP contribution >= 0.6 is 0 Å². The van der Waals surface area contributed by atoms with Gasteiger partial charge in [0.05, 0.1) is 5.69 Å². The van der Waals surface area contributed by atoms with E-state index < -0.39 is 0 Å². The number of anilines is 5. The molecule has 0 saturated carbocycles. The Morgan fingerprint density at radius 1 is 0.354 bits per heavy atom. The fourth-order valence-electron chi connectivity index (χ4n) is 9.39. The second kappa shape index (κ2) is 15.0. The van der Waals surface area contributed by atoms with Gasteiger partial charge >= 0.3 is 0 Å². The number of hydrogen-bond donors (Lipinski definition) is 1. The average molecular weight is 837 g/mol. The molecule has 3 aliphatic heterocycles. The summed E-state index contributed by atoms with van der Waals surface area (Å²) in [5.41, 5.74) is 14.0. The predicted molar refractivity (Wildman–Crippen MR) is 264 cm³/mol. The van der Waals surface area contributed by atoms with E-state index >= 15 is 0 Å². The smallest absolute Gasteiger partial charge is 0.198 e. The Morgan fingerprint density at radius 3 is 1.54 bits per heavy atom. The van der Waals surface area contributed by atoms with Crippen LogP contribution in [0.3, 0.4) is 0 Å². The highest BCUT2D eigenvalue weighted by atomic mass is 16.6. The van der Waals surface area contributed by atoms with Gasteiger partial charge in [0.1, 0.15) is 0 Å². The van der Waals surface area contributed by atoms with Crippen LogP contribution in [0.1, 0.15) is 0 Å². The number of nitrogens with zero attached hydrogens (tertiary/aromatic N) is 1. The van der Waals surface area contributed by atoms with Crippen molar-refractivity contribution in [3.05, 3.63) is 212 Å². The molecule has 306 valence electrons. The van der Waals surface area contributed by atoms with Gasteiger partial charge in [-0.05, 0) is 123 Å². The minimum atomic E-state index is 0.639. The molecule has 10 aromatic rings. The van der Waals surface area contributed by atoms with Gasteiger partial charge in [-0.3, -0.25) is 0 Å². The lowest BCUT2D eigenvalue weighted by atomic mass is 9.57. The third kappa shape index (κ3) is 6.52. The van der Waals surface area contributed by atoms with E-state index in [2.05, 4.69) is 168 Å². The van der Waals surface area contributed by atoms with Crippen LogP contribution < -0.4 is 40.1 Å². The average Bonchev–Trinajstić information content (AvgIpc) is 3.36. The highest BCUT2D eigenvalue weighted by Gasteiger charge is 2.33. The van der Waals surface area contributed by atoms with Crippen LogP contribution in [0.15, 0.2) is 212 Å². The van der Waals surface area contributed by atoms with Crippen molar-refractivity contribution in [2.75, 3.05) is 10.2 Å². The molecule has 0 unspecified atom stereocenters. The first-order chi connectivity index (χ1) is 32.1. The maximum atomic E-state index is 6.57. The lowest BCUT2D eigenvalue weighted by Gasteiger charge is -2.37. The molecule has 7 heteroatoms. The van der Waals surface area contributed by atoms with E-state index in [1.165, 1.54) is 16.6 Å². The maximum Gasteiger partial charge on any atom is 0.198 e. The molecule has 3 heterocycles. The summed E-state index contributed by atoms with van der Waals surface area (Å²) in [4.78, 5) is 2.34. The van der Waals surface area contributed by atoms with Crippen molar-refractivity contribution in [1.82, 2.24) is 0 Å². The molecule has 0 aromatic heterocycles. The zero-order valence-corrected chi connectivity index (χ0v) is 35.0. The number of rotatable bonds is 6. The van der Waals surface area contributed by atoms with Crippen LogP contribution in [0.25, 0.3) is 44.2 Å². The highest BCUT2D eigenvalue weighted by molar-refractivity contribution is 6.73. The van der Waals surface area contributed by atoms with Gasteiger partial charge in [0.2, 0.25) is 0 Å². The second-order valence-electron chi connectivity index (χ2n) is 16.6. The molecular weight excluding hydrogens is 799 g/mol.